The highest BCUT2D eigenvalue weighted by Crippen LogP contribution is 2.26. The molecule has 0 spiro atoms. The van der Waals surface area contributed by atoms with Gasteiger partial charge in [0.25, 0.3) is 0 Å². The lowest BCUT2D eigenvalue weighted by Crippen LogP contribution is -2.07. The van der Waals surface area contributed by atoms with Gasteiger partial charge in [0.2, 0.25) is 0 Å². The molecule has 0 radical (unpaired) electrons. The second-order valence-electron chi connectivity index (χ2n) is 3.73. The number of rotatable bonds is 2. The van der Waals surface area contributed by atoms with Crippen molar-refractivity contribution in [3.8, 4) is 0 Å². The zero-order chi connectivity index (χ0) is 9.90. The van der Waals surface area contributed by atoms with Gasteiger partial charge in [-0.25, -0.2) is 4.98 Å². The van der Waals surface area contributed by atoms with Gasteiger partial charge in [-0.1, -0.05) is 32.4 Å². The van der Waals surface area contributed by atoms with E-state index in [0.717, 1.165) is 11.4 Å². The van der Waals surface area contributed by atoms with Gasteiger partial charge in [0, 0.05) is 10.5 Å². The van der Waals surface area contributed by atoms with Crippen molar-refractivity contribution in [2.45, 2.75) is 31.3 Å². The standard InChI is InChI=1S/C9H13ClN2S/c1-9(2,3)13-6-7-4-12-8(10)5-11-7/h4-5H,6H2,1-3H3. The highest BCUT2D eigenvalue weighted by molar-refractivity contribution is 7.99. The van der Waals surface area contributed by atoms with Crippen LogP contribution < -0.4 is 0 Å². The van der Waals surface area contributed by atoms with E-state index in [0.29, 0.717) is 5.15 Å². The lowest BCUT2D eigenvalue weighted by Gasteiger charge is -2.16. The minimum Gasteiger partial charge on any atom is -0.256 e. The van der Waals surface area contributed by atoms with Crippen molar-refractivity contribution in [3.63, 3.8) is 0 Å². The molecule has 0 saturated carbocycles. The minimum atomic E-state index is 0.265. The molecule has 1 rings (SSSR count). The summed E-state index contributed by atoms with van der Waals surface area (Å²) in [5.41, 5.74) is 0.976. The summed E-state index contributed by atoms with van der Waals surface area (Å²) in [6.45, 7) is 6.54. The van der Waals surface area contributed by atoms with Crippen LogP contribution in [0.25, 0.3) is 0 Å². The Bertz CT molecular complexity index is 266. The fourth-order valence-electron chi connectivity index (χ4n) is 0.704. The molecule has 0 saturated heterocycles. The summed E-state index contributed by atoms with van der Waals surface area (Å²) in [6, 6.07) is 0. The summed E-state index contributed by atoms with van der Waals surface area (Å²) in [4.78, 5) is 8.14. The highest BCUT2D eigenvalue weighted by atomic mass is 35.5. The fraction of sp³-hybridized carbons (Fsp3) is 0.556. The monoisotopic (exact) mass is 216 g/mol. The summed E-state index contributed by atoms with van der Waals surface area (Å²) >= 11 is 7.47. The maximum absolute atomic E-state index is 5.62. The van der Waals surface area contributed by atoms with Crippen LogP contribution in [-0.4, -0.2) is 14.7 Å². The Labute approximate surface area is 88.1 Å². The highest BCUT2D eigenvalue weighted by Gasteiger charge is 2.10. The largest absolute Gasteiger partial charge is 0.256 e. The molecule has 0 N–H and O–H groups in total. The van der Waals surface area contributed by atoms with Gasteiger partial charge in [-0.15, -0.1) is 11.8 Å². The van der Waals surface area contributed by atoms with Crippen molar-refractivity contribution in [2.24, 2.45) is 0 Å². The predicted octanol–water partition coefficient (Wildman–Crippen LogP) is 3.16. The smallest absolute Gasteiger partial charge is 0.147 e. The van der Waals surface area contributed by atoms with E-state index >= 15 is 0 Å². The predicted molar refractivity (Wildman–Crippen MR) is 58.1 cm³/mol. The molecule has 1 heterocycles. The van der Waals surface area contributed by atoms with E-state index in [-0.39, 0.29) is 4.75 Å². The Morgan fingerprint density at radius 2 is 2.00 bits per heavy atom. The first-order valence-electron chi connectivity index (χ1n) is 4.08. The molecule has 72 valence electrons. The summed E-state index contributed by atoms with van der Waals surface area (Å²) in [5.74, 6) is 0.883. The second-order valence-corrected chi connectivity index (χ2v) is 5.92. The zero-order valence-corrected chi connectivity index (χ0v) is 9.61. The van der Waals surface area contributed by atoms with Crippen LogP contribution in [0.1, 0.15) is 26.5 Å². The van der Waals surface area contributed by atoms with E-state index in [2.05, 4.69) is 30.7 Å². The Morgan fingerprint density at radius 3 is 2.46 bits per heavy atom. The molecule has 0 bridgehead atoms. The number of aromatic nitrogens is 2. The van der Waals surface area contributed by atoms with Gasteiger partial charge >= 0.3 is 0 Å². The lowest BCUT2D eigenvalue weighted by molar-refractivity contribution is 0.801. The number of nitrogens with zero attached hydrogens (tertiary/aromatic N) is 2. The molecular weight excluding hydrogens is 204 g/mol. The molecule has 0 aliphatic heterocycles. The summed E-state index contributed by atoms with van der Waals surface area (Å²) < 4.78 is 0.265. The molecule has 0 aromatic carbocycles. The van der Waals surface area contributed by atoms with Crippen molar-refractivity contribution in [1.82, 2.24) is 9.97 Å². The summed E-state index contributed by atoms with van der Waals surface area (Å²) in [6.07, 6.45) is 3.31. The van der Waals surface area contributed by atoms with Crippen molar-refractivity contribution < 1.29 is 0 Å². The van der Waals surface area contributed by atoms with Crippen molar-refractivity contribution in [1.29, 1.82) is 0 Å². The number of halogens is 1. The van der Waals surface area contributed by atoms with E-state index < -0.39 is 0 Å². The Balaban J connectivity index is 2.51. The van der Waals surface area contributed by atoms with Gasteiger partial charge in [0.1, 0.15) is 5.15 Å². The van der Waals surface area contributed by atoms with E-state index in [4.69, 9.17) is 11.6 Å². The molecule has 0 aliphatic carbocycles. The van der Waals surface area contributed by atoms with Crippen LogP contribution in [0.5, 0.6) is 0 Å². The first-order chi connectivity index (χ1) is 5.97. The van der Waals surface area contributed by atoms with Crippen molar-refractivity contribution in [2.75, 3.05) is 0 Å². The molecule has 1 aromatic rings. The number of hydrogen-bond donors (Lipinski definition) is 0. The second kappa shape index (κ2) is 4.29. The molecule has 13 heavy (non-hydrogen) atoms. The maximum Gasteiger partial charge on any atom is 0.147 e. The number of thioether (sulfide) groups is 1. The molecular formula is C9H13ClN2S. The molecule has 0 amide bonds. The van der Waals surface area contributed by atoms with Gasteiger partial charge < -0.3 is 0 Å². The van der Waals surface area contributed by atoms with Gasteiger partial charge in [-0.3, -0.25) is 4.98 Å². The van der Waals surface area contributed by atoms with Gasteiger partial charge in [0.05, 0.1) is 18.1 Å². The van der Waals surface area contributed by atoms with Crippen LogP contribution in [0.2, 0.25) is 5.15 Å². The van der Waals surface area contributed by atoms with Crippen molar-refractivity contribution in [3.05, 3.63) is 23.2 Å². The topological polar surface area (TPSA) is 25.8 Å². The van der Waals surface area contributed by atoms with Crippen LogP contribution >= 0.6 is 23.4 Å². The van der Waals surface area contributed by atoms with E-state index in [9.17, 15) is 0 Å². The van der Waals surface area contributed by atoms with E-state index in [1.165, 1.54) is 0 Å². The minimum absolute atomic E-state index is 0.265. The molecule has 1 aromatic heterocycles. The van der Waals surface area contributed by atoms with E-state index in [1.54, 1.807) is 12.4 Å². The molecule has 0 fully saturated rings. The zero-order valence-electron chi connectivity index (χ0n) is 8.04. The van der Waals surface area contributed by atoms with Crippen LogP contribution in [0.15, 0.2) is 12.4 Å². The Hall–Kier alpha value is -0.280. The SMILES string of the molecule is CC(C)(C)SCc1cnc(Cl)cn1. The molecule has 0 atom stereocenters. The van der Waals surface area contributed by atoms with Crippen LogP contribution in [0.3, 0.4) is 0 Å². The Morgan fingerprint density at radius 1 is 1.31 bits per heavy atom. The van der Waals surface area contributed by atoms with Crippen molar-refractivity contribution >= 4 is 23.4 Å². The third kappa shape index (κ3) is 4.48. The summed E-state index contributed by atoms with van der Waals surface area (Å²) in [7, 11) is 0. The van der Waals surface area contributed by atoms with Crippen LogP contribution in [-0.2, 0) is 5.75 Å². The van der Waals surface area contributed by atoms with Gasteiger partial charge in [0.15, 0.2) is 0 Å². The maximum atomic E-state index is 5.62. The van der Waals surface area contributed by atoms with Crippen LogP contribution in [0.4, 0.5) is 0 Å². The quantitative estimate of drug-likeness (QED) is 0.760. The normalized spacial score (nSPS) is 11.7. The molecule has 0 aliphatic rings. The average Bonchev–Trinajstić information content (AvgIpc) is 2.02. The lowest BCUT2D eigenvalue weighted by atomic mass is 10.3. The first kappa shape index (κ1) is 10.8. The Kier molecular flexibility index (Phi) is 3.56. The van der Waals surface area contributed by atoms with Gasteiger partial charge in [-0.2, -0.15) is 0 Å². The molecule has 4 heteroatoms. The molecule has 0 unspecified atom stereocenters. The van der Waals surface area contributed by atoms with Crippen LogP contribution in [0, 0.1) is 0 Å². The average molecular weight is 217 g/mol. The third-order valence-electron chi connectivity index (χ3n) is 1.33. The summed E-state index contributed by atoms with van der Waals surface area (Å²) in [5, 5.41) is 0.449. The first-order valence-corrected chi connectivity index (χ1v) is 5.44. The fourth-order valence-corrected chi connectivity index (χ4v) is 1.53. The van der Waals surface area contributed by atoms with Gasteiger partial charge in [-0.05, 0) is 0 Å². The third-order valence-corrected chi connectivity index (χ3v) is 2.83. The molecule has 2 nitrogen and oxygen atoms in total. The number of hydrogen-bond acceptors (Lipinski definition) is 3. The van der Waals surface area contributed by atoms with E-state index in [1.807, 2.05) is 11.8 Å².